The molecule has 0 aliphatic carbocycles. The van der Waals surface area contributed by atoms with Crippen LogP contribution in [0.5, 0.6) is 0 Å². The fourth-order valence-electron chi connectivity index (χ4n) is 2.11. The van der Waals surface area contributed by atoms with Crippen LogP contribution in [-0.2, 0) is 16.1 Å². The molecule has 0 bridgehead atoms. The maximum Gasteiger partial charge on any atom is 0.327 e. The number of nitrogens with one attached hydrogen (secondary N) is 3. The molecule has 0 spiro atoms. The first-order valence-electron chi connectivity index (χ1n) is 7.77. The summed E-state index contributed by atoms with van der Waals surface area (Å²) in [6, 6.07) is 4.58. The number of thioether (sulfide) groups is 1. The number of rotatable bonds is 8. The van der Waals surface area contributed by atoms with Crippen LogP contribution in [0.4, 0.5) is 16.2 Å². The molecular weight excluding hydrogens is 377 g/mol. The van der Waals surface area contributed by atoms with Crippen molar-refractivity contribution in [1.29, 1.82) is 0 Å². The zero-order valence-corrected chi connectivity index (χ0v) is 15.1. The number of carbonyl (C=O) groups is 2. The number of amides is 1. The topological polar surface area (TPSA) is 150 Å². The molecule has 0 unspecified atom stereocenters. The fraction of sp³-hybridized carbons (Fsp3) is 0.250. The molecule has 1 aromatic carbocycles. The van der Waals surface area contributed by atoms with Crippen molar-refractivity contribution in [2.24, 2.45) is 0 Å². The summed E-state index contributed by atoms with van der Waals surface area (Å²) >= 11 is 0.919. The Hall–Kier alpha value is -3.08. The average molecular weight is 395 g/mol. The van der Waals surface area contributed by atoms with Crippen LogP contribution in [0.1, 0.15) is 12.5 Å². The van der Waals surface area contributed by atoms with E-state index in [1.165, 1.54) is 19.1 Å². The second-order valence-electron chi connectivity index (χ2n) is 5.51. The van der Waals surface area contributed by atoms with E-state index in [-0.39, 0.29) is 34.8 Å². The molecule has 0 aliphatic heterocycles. The number of aromatic amines is 1. The summed E-state index contributed by atoms with van der Waals surface area (Å²) < 4.78 is 13.0. The highest BCUT2D eigenvalue weighted by molar-refractivity contribution is 7.99. The van der Waals surface area contributed by atoms with E-state index in [0.717, 1.165) is 17.3 Å². The third kappa shape index (κ3) is 5.99. The first-order chi connectivity index (χ1) is 12.8. The summed E-state index contributed by atoms with van der Waals surface area (Å²) in [5, 5.41) is 14.4. The Bertz CT molecular complexity index is 887. The van der Waals surface area contributed by atoms with Crippen LogP contribution in [0.2, 0.25) is 0 Å². The number of nitrogens with two attached hydrogens (primary N) is 1. The molecule has 9 nitrogen and oxygen atoms in total. The number of carbonyl (C=O) groups excluding carboxylic acids is 1. The number of nitrogens with zero attached hydrogens (tertiary/aromatic N) is 1. The van der Waals surface area contributed by atoms with Crippen LogP contribution in [-0.4, -0.2) is 38.7 Å². The normalized spacial score (nSPS) is 11.6. The maximum absolute atomic E-state index is 13.0. The molecule has 11 heteroatoms. The molecule has 1 heterocycles. The lowest BCUT2D eigenvalue weighted by Gasteiger charge is -2.14. The van der Waals surface area contributed by atoms with Gasteiger partial charge in [0.25, 0.3) is 5.56 Å². The van der Waals surface area contributed by atoms with E-state index in [9.17, 15) is 18.8 Å². The molecule has 0 radical (unpaired) electrons. The molecular formula is C16H18FN5O4S. The van der Waals surface area contributed by atoms with Crippen molar-refractivity contribution in [3.8, 4) is 0 Å². The number of halogens is 1. The molecule has 27 heavy (non-hydrogen) atoms. The van der Waals surface area contributed by atoms with Gasteiger partial charge in [0.1, 0.15) is 22.6 Å². The number of hydrogen-bond donors (Lipinski definition) is 5. The highest BCUT2D eigenvalue weighted by Crippen LogP contribution is 2.23. The van der Waals surface area contributed by atoms with Crippen molar-refractivity contribution >= 4 is 35.4 Å². The monoisotopic (exact) mass is 395 g/mol. The van der Waals surface area contributed by atoms with Crippen molar-refractivity contribution < 1.29 is 19.1 Å². The van der Waals surface area contributed by atoms with Gasteiger partial charge < -0.3 is 21.5 Å². The Labute approximate surface area is 157 Å². The Morgan fingerprint density at radius 2 is 2.04 bits per heavy atom. The van der Waals surface area contributed by atoms with E-state index >= 15 is 0 Å². The zero-order chi connectivity index (χ0) is 20.0. The molecule has 1 aromatic heterocycles. The third-order valence-electron chi connectivity index (χ3n) is 3.34. The lowest BCUT2D eigenvalue weighted by molar-refractivity contribution is -0.140. The number of aromatic nitrogens is 2. The molecule has 2 aromatic rings. The van der Waals surface area contributed by atoms with Gasteiger partial charge in [0.15, 0.2) is 0 Å². The summed E-state index contributed by atoms with van der Waals surface area (Å²) in [6.07, 6.45) is 0. The molecule has 0 fully saturated rings. The van der Waals surface area contributed by atoms with Gasteiger partial charge in [-0.25, -0.2) is 9.18 Å². The van der Waals surface area contributed by atoms with E-state index in [2.05, 4.69) is 20.6 Å². The van der Waals surface area contributed by atoms with Crippen LogP contribution >= 0.6 is 11.8 Å². The van der Waals surface area contributed by atoms with Crippen molar-refractivity contribution in [2.75, 3.05) is 16.8 Å². The molecule has 0 saturated heterocycles. The third-order valence-corrected chi connectivity index (χ3v) is 4.51. The summed E-state index contributed by atoms with van der Waals surface area (Å²) in [7, 11) is 0. The molecule has 1 amide bonds. The smallest absolute Gasteiger partial charge is 0.327 e. The number of carboxylic acids is 1. The van der Waals surface area contributed by atoms with E-state index in [0.29, 0.717) is 0 Å². The first kappa shape index (κ1) is 20.2. The van der Waals surface area contributed by atoms with Crippen LogP contribution in [0.15, 0.2) is 34.0 Å². The van der Waals surface area contributed by atoms with Gasteiger partial charge in [0, 0.05) is 19.2 Å². The van der Waals surface area contributed by atoms with E-state index < -0.39 is 23.5 Å². The number of benzene rings is 1. The Kier molecular flexibility index (Phi) is 6.77. The number of hydrogen-bond acceptors (Lipinski definition) is 7. The van der Waals surface area contributed by atoms with Crippen molar-refractivity contribution in [1.82, 2.24) is 15.3 Å². The molecule has 0 saturated carbocycles. The molecule has 1 atom stereocenters. The van der Waals surface area contributed by atoms with Crippen LogP contribution in [0.3, 0.4) is 0 Å². The molecule has 2 rings (SSSR count). The number of nitrogen functional groups attached to an aromatic ring is 1. The second-order valence-corrected chi connectivity index (χ2v) is 6.54. The van der Waals surface area contributed by atoms with Gasteiger partial charge in [-0.05, 0) is 17.7 Å². The molecule has 0 aliphatic rings. The summed E-state index contributed by atoms with van der Waals surface area (Å²) in [4.78, 5) is 41.0. The summed E-state index contributed by atoms with van der Waals surface area (Å²) in [5.41, 5.74) is 5.77. The van der Waals surface area contributed by atoms with Gasteiger partial charge in [0.2, 0.25) is 11.9 Å². The first-order valence-corrected chi connectivity index (χ1v) is 8.75. The maximum atomic E-state index is 13.0. The van der Waals surface area contributed by atoms with Crippen molar-refractivity contribution in [3.05, 3.63) is 46.0 Å². The Balaban J connectivity index is 2.17. The highest BCUT2D eigenvalue weighted by atomic mass is 32.2. The standard InChI is InChI=1S/C16H18FN5O4S/c1-8(23)20-11(15(25)26)7-27-12-13(21-16(18)22-14(12)24)19-6-9-2-4-10(17)5-3-9/h2-5,11H,6-7H2,1H3,(H,20,23)(H,25,26)(H4,18,19,21,22,24)/t11-/m0/s1. The quantitative estimate of drug-likeness (QED) is 0.412. The van der Waals surface area contributed by atoms with Gasteiger partial charge in [-0.3, -0.25) is 14.6 Å². The fourth-order valence-corrected chi connectivity index (χ4v) is 3.10. The number of anilines is 2. The van der Waals surface area contributed by atoms with Gasteiger partial charge >= 0.3 is 5.97 Å². The Morgan fingerprint density at radius 3 is 2.63 bits per heavy atom. The minimum Gasteiger partial charge on any atom is -0.480 e. The number of H-pyrrole nitrogens is 1. The predicted octanol–water partition coefficient (Wildman–Crippen LogP) is 0.785. The van der Waals surface area contributed by atoms with Gasteiger partial charge in [-0.1, -0.05) is 12.1 Å². The summed E-state index contributed by atoms with van der Waals surface area (Å²) in [6.45, 7) is 1.45. The average Bonchev–Trinajstić information content (AvgIpc) is 2.58. The number of carboxylic acid groups (broad SMARTS) is 1. The molecule has 6 N–H and O–H groups in total. The van der Waals surface area contributed by atoms with E-state index in [4.69, 9.17) is 10.8 Å². The largest absolute Gasteiger partial charge is 0.480 e. The van der Waals surface area contributed by atoms with Crippen molar-refractivity contribution in [2.45, 2.75) is 24.4 Å². The lowest BCUT2D eigenvalue weighted by atomic mass is 10.2. The van der Waals surface area contributed by atoms with Crippen molar-refractivity contribution in [3.63, 3.8) is 0 Å². The van der Waals surface area contributed by atoms with E-state index in [1.54, 1.807) is 12.1 Å². The van der Waals surface area contributed by atoms with E-state index in [1.807, 2.05) is 0 Å². The SMILES string of the molecule is CC(=O)N[C@@H](CSc1c(NCc2ccc(F)cc2)nc(N)[nH]c1=O)C(=O)O. The highest BCUT2D eigenvalue weighted by Gasteiger charge is 2.21. The van der Waals surface area contributed by atoms with Crippen LogP contribution < -0.4 is 21.9 Å². The Morgan fingerprint density at radius 1 is 1.37 bits per heavy atom. The molecule has 144 valence electrons. The summed E-state index contributed by atoms with van der Waals surface area (Å²) in [5.74, 6) is -2.12. The second kappa shape index (κ2) is 9.03. The van der Waals surface area contributed by atoms with Gasteiger partial charge in [-0.2, -0.15) is 4.98 Å². The minimum atomic E-state index is -1.22. The zero-order valence-electron chi connectivity index (χ0n) is 14.3. The minimum absolute atomic E-state index is 0.0885. The van der Waals surface area contributed by atoms with Crippen LogP contribution in [0, 0.1) is 5.82 Å². The number of aliphatic carboxylic acids is 1. The predicted molar refractivity (Wildman–Crippen MR) is 99.0 cm³/mol. The lowest BCUT2D eigenvalue weighted by Crippen LogP contribution is -2.41. The van der Waals surface area contributed by atoms with Crippen LogP contribution in [0.25, 0.3) is 0 Å². The van der Waals surface area contributed by atoms with Gasteiger partial charge in [0.05, 0.1) is 0 Å². The van der Waals surface area contributed by atoms with Gasteiger partial charge in [-0.15, -0.1) is 11.8 Å².